The maximum absolute atomic E-state index is 12.3. The van der Waals surface area contributed by atoms with E-state index < -0.39 is 0 Å². The summed E-state index contributed by atoms with van der Waals surface area (Å²) < 4.78 is 0. The lowest BCUT2D eigenvalue weighted by Gasteiger charge is -2.35. The molecule has 1 unspecified atom stereocenters. The zero-order valence-corrected chi connectivity index (χ0v) is 14.6. The third-order valence-electron chi connectivity index (χ3n) is 4.07. The Morgan fingerprint density at radius 1 is 1.45 bits per heavy atom. The molecule has 3 N–H and O–H groups in total. The summed E-state index contributed by atoms with van der Waals surface area (Å²) in [6, 6.07) is 5.97. The molecule has 0 saturated carbocycles. The molecule has 0 aliphatic carbocycles. The molecule has 4 nitrogen and oxygen atoms in total. The highest BCUT2D eigenvalue weighted by Crippen LogP contribution is 2.21. The number of benzene rings is 1. The van der Waals surface area contributed by atoms with Crippen molar-refractivity contribution < 1.29 is 4.79 Å². The van der Waals surface area contributed by atoms with E-state index >= 15 is 0 Å². The number of nitrogens with two attached hydrogens (primary N) is 1. The number of rotatable bonds is 5. The molecule has 1 aromatic rings. The van der Waals surface area contributed by atoms with Crippen LogP contribution in [0.25, 0.3) is 0 Å². The van der Waals surface area contributed by atoms with Crippen LogP contribution in [0, 0.1) is 6.92 Å². The van der Waals surface area contributed by atoms with Crippen LogP contribution in [-0.4, -0.2) is 36.5 Å². The zero-order chi connectivity index (χ0) is 15.2. The molecule has 1 heterocycles. The summed E-state index contributed by atoms with van der Waals surface area (Å²) in [6.45, 7) is 4.05. The lowest BCUT2D eigenvalue weighted by Crippen LogP contribution is -2.44. The van der Waals surface area contributed by atoms with Crippen molar-refractivity contribution in [3.63, 3.8) is 0 Å². The third-order valence-corrected chi connectivity index (χ3v) is 4.30. The molecule has 1 aromatic carbocycles. The van der Waals surface area contributed by atoms with Crippen molar-refractivity contribution in [1.29, 1.82) is 0 Å². The minimum atomic E-state index is 0. The molecule has 0 aromatic heterocycles. The molecule has 1 aliphatic heterocycles. The molecule has 1 amide bonds. The van der Waals surface area contributed by atoms with Crippen molar-refractivity contribution in [2.75, 3.05) is 25.0 Å². The number of carbonyl (C=O) groups excluding carboxylic acids is 1. The number of nitrogens with one attached hydrogen (secondary N) is 1. The molecule has 6 heteroatoms. The molecular formula is C16H25Cl2N3O. The van der Waals surface area contributed by atoms with E-state index in [1.165, 1.54) is 6.42 Å². The average Bonchev–Trinajstić information content (AvgIpc) is 2.45. The summed E-state index contributed by atoms with van der Waals surface area (Å²) in [7, 11) is 0. The number of likely N-dealkylation sites (tertiary alicyclic amines) is 1. The minimum absolute atomic E-state index is 0. The fourth-order valence-electron chi connectivity index (χ4n) is 2.89. The molecule has 0 spiro atoms. The highest BCUT2D eigenvalue weighted by atomic mass is 35.5. The molecule has 22 heavy (non-hydrogen) atoms. The quantitative estimate of drug-likeness (QED) is 0.861. The second-order valence-electron chi connectivity index (χ2n) is 5.70. The SMILES string of the molecule is Cc1ccc(Cl)cc1NC(=O)CN1CCCCC1CCN.Cl. The van der Waals surface area contributed by atoms with E-state index in [2.05, 4.69) is 10.2 Å². The van der Waals surface area contributed by atoms with Gasteiger partial charge in [-0.25, -0.2) is 0 Å². The normalized spacial score (nSPS) is 18.6. The lowest BCUT2D eigenvalue weighted by atomic mass is 9.99. The van der Waals surface area contributed by atoms with Gasteiger partial charge in [0.1, 0.15) is 0 Å². The van der Waals surface area contributed by atoms with Gasteiger partial charge in [-0.2, -0.15) is 0 Å². The standard InChI is InChI=1S/C16H24ClN3O.ClH/c1-12-5-6-13(17)10-15(12)19-16(21)11-20-9-3-2-4-14(20)7-8-18;/h5-6,10,14H,2-4,7-9,11,18H2,1H3,(H,19,21);1H. The van der Waals surface area contributed by atoms with Crippen molar-refractivity contribution in [2.45, 2.75) is 38.6 Å². The molecular weight excluding hydrogens is 321 g/mol. The van der Waals surface area contributed by atoms with Crippen molar-refractivity contribution >= 4 is 35.6 Å². The molecule has 1 fully saturated rings. The van der Waals surface area contributed by atoms with Crippen LogP contribution < -0.4 is 11.1 Å². The molecule has 0 radical (unpaired) electrons. The summed E-state index contributed by atoms with van der Waals surface area (Å²) in [5.74, 6) is 0.0179. The van der Waals surface area contributed by atoms with E-state index in [4.69, 9.17) is 17.3 Å². The Balaban J connectivity index is 0.00000242. The summed E-state index contributed by atoms with van der Waals surface area (Å²) in [4.78, 5) is 14.5. The van der Waals surface area contributed by atoms with Gasteiger partial charge in [0.2, 0.25) is 5.91 Å². The Labute approximate surface area is 143 Å². The van der Waals surface area contributed by atoms with Gasteiger partial charge >= 0.3 is 0 Å². The fourth-order valence-corrected chi connectivity index (χ4v) is 3.06. The Morgan fingerprint density at radius 3 is 2.95 bits per heavy atom. The van der Waals surface area contributed by atoms with Crippen LogP contribution >= 0.6 is 24.0 Å². The van der Waals surface area contributed by atoms with Crippen molar-refractivity contribution in [2.24, 2.45) is 5.73 Å². The molecule has 0 bridgehead atoms. The van der Waals surface area contributed by atoms with E-state index in [1.807, 2.05) is 19.1 Å². The number of anilines is 1. The van der Waals surface area contributed by atoms with Gasteiger partial charge in [-0.15, -0.1) is 12.4 Å². The largest absolute Gasteiger partial charge is 0.330 e. The van der Waals surface area contributed by atoms with E-state index in [0.29, 0.717) is 24.2 Å². The summed E-state index contributed by atoms with van der Waals surface area (Å²) in [5, 5.41) is 3.60. The van der Waals surface area contributed by atoms with Crippen molar-refractivity contribution in [3.05, 3.63) is 28.8 Å². The highest BCUT2D eigenvalue weighted by molar-refractivity contribution is 6.31. The third kappa shape index (κ3) is 5.43. The second kappa shape index (κ2) is 9.36. The van der Waals surface area contributed by atoms with Gasteiger partial charge in [0.05, 0.1) is 6.54 Å². The highest BCUT2D eigenvalue weighted by Gasteiger charge is 2.23. The number of halogens is 2. The van der Waals surface area contributed by atoms with Gasteiger partial charge in [-0.3, -0.25) is 9.69 Å². The van der Waals surface area contributed by atoms with E-state index in [-0.39, 0.29) is 18.3 Å². The van der Waals surface area contributed by atoms with Crippen molar-refractivity contribution in [1.82, 2.24) is 4.90 Å². The molecule has 124 valence electrons. The van der Waals surface area contributed by atoms with E-state index in [0.717, 1.165) is 37.1 Å². The predicted octanol–water partition coefficient (Wildman–Crippen LogP) is 3.21. The van der Waals surface area contributed by atoms with Gasteiger partial charge in [-0.05, 0) is 57.0 Å². The summed E-state index contributed by atoms with van der Waals surface area (Å²) in [5.41, 5.74) is 7.48. The minimum Gasteiger partial charge on any atom is -0.330 e. The Bertz CT molecular complexity index is 494. The van der Waals surface area contributed by atoms with Crippen LogP contribution in [0.5, 0.6) is 0 Å². The van der Waals surface area contributed by atoms with E-state index in [9.17, 15) is 4.79 Å². The van der Waals surface area contributed by atoms with Gasteiger partial charge in [-0.1, -0.05) is 24.1 Å². The van der Waals surface area contributed by atoms with Crippen LogP contribution in [-0.2, 0) is 4.79 Å². The number of hydrogen-bond acceptors (Lipinski definition) is 3. The number of hydrogen-bond donors (Lipinski definition) is 2. The van der Waals surface area contributed by atoms with Crippen LogP contribution in [0.15, 0.2) is 18.2 Å². The van der Waals surface area contributed by atoms with Gasteiger partial charge in [0.25, 0.3) is 0 Å². The average molecular weight is 346 g/mol. The first kappa shape index (κ1) is 19.2. The summed E-state index contributed by atoms with van der Waals surface area (Å²) >= 11 is 5.98. The molecule has 1 aliphatic rings. The van der Waals surface area contributed by atoms with E-state index in [1.54, 1.807) is 6.07 Å². The predicted molar refractivity (Wildman–Crippen MR) is 95.0 cm³/mol. The second-order valence-corrected chi connectivity index (χ2v) is 6.14. The first-order chi connectivity index (χ1) is 10.1. The monoisotopic (exact) mass is 345 g/mol. The van der Waals surface area contributed by atoms with Gasteiger partial charge in [0.15, 0.2) is 0 Å². The fraction of sp³-hybridized carbons (Fsp3) is 0.562. The molecule has 2 rings (SSSR count). The van der Waals surface area contributed by atoms with Gasteiger partial charge in [0, 0.05) is 16.8 Å². The van der Waals surface area contributed by atoms with Crippen LogP contribution in [0.4, 0.5) is 5.69 Å². The van der Waals surface area contributed by atoms with Gasteiger partial charge < -0.3 is 11.1 Å². The number of amides is 1. The number of piperidine rings is 1. The number of carbonyl (C=O) groups is 1. The Kier molecular flexibility index (Phi) is 8.18. The Morgan fingerprint density at radius 2 is 2.23 bits per heavy atom. The van der Waals surface area contributed by atoms with Crippen LogP contribution in [0.3, 0.4) is 0 Å². The maximum Gasteiger partial charge on any atom is 0.238 e. The lowest BCUT2D eigenvalue weighted by molar-refractivity contribution is -0.118. The molecule has 1 atom stereocenters. The topological polar surface area (TPSA) is 58.4 Å². The van der Waals surface area contributed by atoms with Crippen molar-refractivity contribution in [3.8, 4) is 0 Å². The molecule has 1 saturated heterocycles. The first-order valence-electron chi connectivity index (χ1n) is 7.60. The Hall–Kier alpha value is -0.810. The first-order valence-corrected chi connectivity index (χ1v) is 7.98. The maximum atomic E-state index is 12.3. The van der Waals surface area contributed by atoms with Crippen LogP contribution in [0.1, 0.15) is 31.2 Å². The summed E-state index contributed by atoms with van der Waals surface area (Å²) in [6.07, 6.45) is 4.49. The number of aryl methyl sites for hydroxylation is 1. The van der Waals surface area contributed by atoms with Crippen LogP contribution in [0.2, 0.25) is 5.02 Å². The smallest absolute Gasteiger partial charge is 0.238 e. The zero-order valence-electron chi connectivity index (χ0n) is 13.0. The number of nitrogens with zero attached hydrogens (tertiary/aromatic N) is 1.